The monoisotopic (exact) mass is 303 g/mol. The van der Waals surface area contributed by atoms with Gasteiger partial charge in [-0.05, 0) is 23.8 Å². The highest BCUT2D eigenvalue weighted by atomic mass is 16.3. The van der Waals surface area contributed by atoms with Crippen molar-refractivity contribution in [3.63, 3.8) is 0 Å². The van der Waals surface area contributed by atoms with E-state index in [1.807, 2.05) is 47.1 Å². The normalized spacial score (nSPS) is 11.2. The fourth-order valence-electron chi connectivity index (χ4n) is 2.87. The average Bonchev–Trinajstić information content (AvgIpc) is 3.21. The van der Waals surface area contributed by atoms with Gasteiger partial charge in [-0.1, -0.05) is 48.5 Å². The first-order valence-electron chi connectivity index (χ1n) is 7.64. The van der Waals surface area contributed by atoms with Crippen molar-refractivity contribution in [1.29, 1.82) is 0 Å². The summed E-state index contributed by atoms with van der Waals surface area (Å²) in [5.74, 6) is 0. The number of rotatable bonds is 4. The van der Waals surface area contributed by atoms with Gasteiger partial charge in [-0.3, -0.25) is 4.68 Å². The van der Waals surface area contributed by atoms with Crippen LogP contribution < -0.4 is 0 Å². The van der Waals surface area contributed by atoms with E-state index in [0.29, 0.717) is 0 Å². The number of H-pyrrole nitrogens is 1. The molecule has 0 atom stereocenters. The molecule has 2 aromatic carbocycles. The highest BCUT2D eigenvalue weighted by molar-refractivity contribution is 5.92. The van der Waals surface area contributed by atoms with Crippen molar-refractivity contribution < 1.29 is 5.11 Å². The number of aromatic amines is 1. The van der Waals surface area contributed by atoms with Crippen LogP contribution in [0.1, 0.15) is 11.3 Å². The summed E-state index contributed by atoms with van der Waals surface area (Å²) in [6.45, 7) is 0.734. The first-order chi connectivity index (χ1) is 11.3. The molecule has 0 fully saturated rings. The lowest BCUT2D eigenvalue weighted by Crippen LogP contribution is -2.01. The molecule has 0 aliphatic carbocycles. The van der Waals surface area contributed by atoms with Crippen LogP contribution in [0.3, 0.4) is 0 Å². The minimum Gasteiger partial charge on any atom is -0.390 e. The summed E-state index contributed by atoms with van der Waals surface area (Å²) in [5.41, 5.74) is 4.95. The Labute approximate surface area is 134 Å². The molecule has 4 rings (SSSR count). The molecule has 0 saturated carbocycles. The Morgan fingerprint density at radius 2 is 1.70 bits per heavy atom. The van der Waals surface area contributed by atoms with Crippen molar-refractivity contribution in [2.24, 2.45) is 0 Å². The van der Waals surface area contributed by atoms with Crippen LogP contribution in [0.2, 0.25) is 0 Å². The minimum absolute atomic E-state index is 0.00264. The predicted molar refractivity (Wildman–Crippen MR) is 91.0 cm³/mol. The molecule has 0 amide bonds. The largest absolute Gasteiger partial charge is 0.390 e. The van der Waals surface area contributed by atoms with E-state index in [-0.39, 0.29) is 6.61 Å². The lowest BCUT2D eigenvalue weighted by atomic mass is 10.1. The second-order valence-corrected chi connectivity index (χ2v) is 5.56. The number of aliphatic hydroxyl groups is 1. The Morgan fingerprint density at radius 1 is 0.913 bits per heavy atom. The van der Waals surface area contributed by atoms with Gasteiger partial charge in [0.15, 0.2) is 0 Å². The van der Waals surface area contributed by atoms with E-state index in [9.17, 15) is 5.11 Å². The molecule has 4 heteroatoms. The van der Waals surface area contributed by atoms with Crippen molar-refractivity contribution in [3.8, 4) is 11.4 Å². The minimum atomic E-state index is 0.00264. The summed E-state index contributed by atoms with van der Waals surface area (Å²) >= 11 is 0. The molecule has 0 bridgehead atoms. The van der Waals surface area contributed by atoms with Crippen LogP contribution in [0.25, 0.3) is 22.3 Å². The summed E-state index contributed by atoms with van der Waals surface area (Å²) in [7, 11) is 0. The van der Waals surface area contributed by atoms with Gasteiger partial charge in [0.2, 0.25) is 0 Å². The summed E-state index contributed by atoms with van der Waals surface area (Å²) in [6, 6.07) is 22.4. The molecular formula is C19H17N3O. The number of hydrogen-bond donors (Lipinski definition) is 2. The second kappa shape index (κ2) is 5.74. The van der Waals surface area contributed by atoms with Gasteiger partial charge in [-0.2, -0.15) is 5.10 Å². The number of fused-ring (bicyclic) bond motifs is 1. The number of nitrogens with one attached hydrogen (secondary N) is 1. The Balaban J connectivity index is 1.83. The van der Waals surface area contributed by atoms with Crippen LogP contribution in [0.15, 0.2) is 66.7 Å². The van der Waals surface area contributed by atoms with Crippen LogP contribution in [0, 0.1) is 0 Å². The van der Waals surface area contributed by atoms with Crippen LogP contribution in [-0.2, 0) is 13.2 Å². The quantitative estimate of drug-likeness (QED) is 0.605. The summed E-state index contributed by atoms with van der Waals surface area (Å²) < 4.78 is 2.03. The fourth-order valence-corrected chi connectivity index (χ4v) is 2.87. The third kappa shape index (κ3) is 2.53. The molecular weight excluding hydrogens is 286 g/mol. The van der Waals surface area contributed by atoms with Crippen LogP contribution in [0.5, 0.6) is 0 Å². The van der Waals surface area contributed by atoms with E-state index < -0.39 is 0 Å². The van der Waals surface area contributed by atoms with E-state index in [4.69, 9.17) is 5.10 Å². The molecule has 4 nitrogen and oxygen atoms in total. The number of nitrogens with zero attached hydrogens (tertiary/aromatic N) is 2. The van der Waals surface area contributed by atoms with E-state index >= 15 is 0 Å². The third-order valence-electron chi connectivity index (χ3n) is 4.01. The molecule has 0 unspecified atom stereocenters. The maximum atomic E-state index is 9.25. The van der Waals surface area contributed by atoms with Crippen LogP contribution >= 0.6 is 0 Å². The van der Waals surface area contributed by atoms with Gasteiger partial charge in [0, 0.05) is 11.1 Å². The number of benzene rings is 2. The summed E-state index contributed by atoms with van der Waals surface area (Å²) in [5, 5.41) is 15.2. The van der Waals surface area contributed by atoms with Gasteiger partial charge >= 0.3 is 0 Å². The number of hydrogen-bond acceptors (Lipinski definition) is 2. The van der Waals surface area contributed by atoms with Gasteiger partial charge in [-0.15, -0.1) is 0 Å². The van der Waals surface area contributed by atoms with Gasteiger partial charge in [0.25, 0.3) is 0 Å². The van der Waals surface area contributed by atoms with E-state index in [0.717, 1.165) is 34.5 Å². The van der Waals surface area contributed by atoms with Crippen molar-refractivity contribution >= 4 is 10.9 Å². The zero-order valence-corrected chi connectivity index (χ0v) is 12.6. The molecule has 0 aliphatic rings. The van der Waals surface area contributed by atoms with E-state index in [1.165, 1.54) is 5.56 Å². The molecule has 23 heavy (non-hydrogen) atoms. The first-order valence-corrected chi connectivity index (χ1v) is 7.64. The SMILES string of the molecule is OCc1ccc(-c2nn(Cc3ccccc3)c3ccccc23)[nH]1. The zero-order valence-electron chi connectivity index (χ0n) is 12.6. The molecule has 2 N–H and O–H groups in total. The Kier molecular flexibility index (Phi) is 3.44. The van der Waals surface area contributed by atoms with Gasteiger partial charge in [-0.25, -0.2) is 0 Å². The number of aliphatic hydroxyl groups excluding tert-OH is 1. The molecule has 0 aliphatic heterocycles. The number of para-hydroxylation sites is 1. The van der Waals surface area contributed by atoms with Gasteiger partial charge in [0.1, 0.15) is 5.69 Å². The molecule has 0 radical (unpaired) electrons. The second-order valence-electron chi connectivity index (χ2n) is 5.56. The molecule has 0 saturated heterocycles. The lowest BCUT2D eigenvalue weighted by Gasteiger charge is -2.03. The number of aromatic nitrogens is 3. The maximum absolute atomic E-state index is 9.25. The summed E-state index contributed by atoms with van der Waals surface area (Å²) in [4.78, 5) is 3.22. The highest BCUT2D eigenvalue weighted by Gasteiger charge is 2.13. The highest BCUT2D eigenvalue weighted by Crippen LogP contribution is 2.27. The van der Waals surface area contributed by atoms with Crippen molar-refractivity contribution in [1.82, 2.24) is 14.8 Å². The van der Waals surface area contributed by atoms with Crippen molar-refractivity contribution in [2.75, 3.05) is 0 Å². The molecule has 4 aromatic rings. The van der Waals surface area contributed by atoms with Crippen LogP contribution in [0.4, 0.5) is 0 Å². The average molecular weight is 303 g/mol. The third-order valence-corrected chi connectivity index (χ3v) is 4.01. The molecule has 0 spiro atoms. The Hall–Kier alpha value is -2.85. The van der Waals surface area contributed by atoms with Gasteiger partial charge < -0.3 is 10.1 Å². The standard InChI is InChI=1S/C19H17N3O/c23-13-15-10-11-17(20-15)19-16-8-4-5-9-18(16)22(21-19)12-14-6-2-1-3-7-14/h1-11,20,23H,12-13H2. The fraction of sp³-hybridized carbons (Fsp3) is 0.105. The van der Waals surface area contributed by atoms with E-state index in [2.05, 4.69) is 29.2 Å². The molecule has 2 aromatic heterocycles. The molecule has 114 valence electrons. The topological polar surface area (TPSA) is 53.8 Å². The lowest BCUT2D eigenvalue weighted by molar-refractivity contribution is 0.277. The van der Waals surface area contributed by atoms with Crippen molar-refractivity contribution in [2.45, 2.75) is 13.2 Å². The van der Waals surface area contributed by atoms with Crippen LogP contribution in [-0.4, -0.2) is 19.9 Å². The van der Waals surface area contributed by atoms with Crippen molar-refractivity contribution in [3.05, 3.63) is 78.0 Å². The predicted octanol–water partition coefficient (Wildman–Crippen LogP) is 3.57. The Bertz CT molecular complexity index is 938. The van der Waals surface area contributed by atoms with Gasteiger partial charge in [0.05, 0.1) is 24.4 Å². The van der Waals surface area contributed by atoms with E-state index in [1.54, 1.807) is 0 Å². The summed E-state index contributed by atoms with van der Waals surface area (Å²) in [6.07, 6.45) is 0. The first kappa shape index (κ1) is 13.8. The molecule has 2 heterocycles. The maximum Gasteiger partial charge on any atom is 0.116 e. The zero-order chi connectivity index (χ0) is 15.6. The smallest absolute Gasteiger partial charge is 0.116 e. The Morgan fingerprint density at radius 3 is 2.48 bits per heavy atom.